The fourth-order valence-corrected chi connectivity index (χ4v) is 4.12. The molecular formula is C16H19Br. The molecule has 1 heteroatoms. The zero-order valence-corrected chi connectivity index (χ0v) is 12.1. The van der Waals surface area contributed by atoms with Crippen LogP contribution in [0.15, 0.2) is 16.6 Å². The van der Waals surface area contributed by atoms with Crippen LogP contribution in [-0.2, 0) is 19.3 Å². The van der Waals surface area contributed by atoms with Crippen LogP contribution in [0.5, 0.6) is 0 Å². The molecule has 0 saturated carbocycles. The minimum atomic E-state index is 1.17. The number of hydrogen-bond acceptors (Lipinski definition) is 0. The Balaban J connectivity index is 2.11. The summed E-state index contributed by atoms with van der Waals surface area (Å²) in [6.45, 7) is 2.27. The lowest BCUT2D eigenvalue weighted by atomic mass is 9.85. The first kappa shape index (κ1) is 11.5. The molecule has 0 heterocycles. The Kier molecular flexibility index (Phi) is 3.12. The van der Waals surface area contributed by atoms with E-state index in [2.05, 4.69) is 35.0 Å². The lowest BCUT2D eigenvalue weighted by Gasteiger charge is -2.21. The molecule has 0 aromatic heterocycles. The van der Waals surface area contributed by atoms with Gasteiger partial charge in [-0.3, -0.25) is 0 Å². The van der Waals surface area contributed by atoms with Gasteiger partial charge in [0.05, 0.1) is 0 Å². The minimum absolute atomic E-state index is 1.17. The van der Waals surface area contributed by atoms with Crippen LogP contribution in [-0.4, -0.2) is 0 Å². The summed E-state index contributed by atoms with van der Waals surface area (Å²) in [6, 6.07) is 2.39. The number of allylic oxidation sites excluding steroid dienone is 2. The molecule has 0 unspecified atom stereocenters. The number of halogens is 1. The zero-order chi connectivity index (χ0) is 11.8. The van der Waals surface area contributed by atoms with Crippen LogP contribution < -0.4 is 0 Å². The standard InChI is InChI=1S/C16H19Br/c1-2-5-11-8-9-14-13-7-4-3-6-12(13)10-15(17)16(11)14/h8,10H,2-7,9H2,1H3. The molecule has 0 radical (unpaired) electrons. The second kappa shape index (κ2) is 4.61. The molecular weight excluding hydrogens is 272 g/mol. The largest absolute Gasteiger partial charge is 0.0762 e. The third-order valence-corrected chi connectivity index (χ3v) is 4.73. The fourth-order valence-electron chi connectivity index (χ4n) is 3.35. The molecule has 0 bridgehead atoms. The highest BCUT2D eigenvalue weighted by Gasteiger charge is 2.23. The lowest BCUT2D eigenvalue weighted by Crippen LogP contribution is -2.07. The highest BCUT2D eigenvalue weighted by molar-refractivity contribution is 9.10. The first-order valence-electron chi connectivity index (χ1n) is 6.83. The van der Waals surface area contributed by atoms with Crippen LogP contribution >= 0.6 is 15.9 Å². The molecule has 1 aromatic rings. The Morgan fingerprint density at radius 2 is 2.00 bits per heavy atom. The van der Waals surface area contributed by atoms with Gasteiger partial charge in [-0.25, -0.2) is 0 Å². The highest BCUT2D eigenvalue weighted by Crippen LogP contribution is 2.41. The van der Waals surface area contributed by atoms with Crippen molar-refractivity contribution >= 4 is 21.5 Å². The van der Waals surface area contributed by atoms with Crippen LogP contribution in [0.3, 0.4) is 0 Å². The second-order valence-electron chi connectivity index (χ2n) is 5.24. The fraction of sp³-hybridized carbons (Fsp3) is 0.500. The van der Waals surface area contributed by atoms with Crippen LogP contribution in [0.1, 0.15) is 54.9 Å². The Hall–Kier alpha value is -0.560. The summed E-state index contributed by atoms with van der Waals surface area (Å²) in [6.07, 6.45) is 11.4. The first-order valence-corrected chi connectivity index (χ1v) is 7.63. The summed E-state index contributed by atoms with van der Waals surface area (Å²) >= 11 is 3.80. The van der Waals surface area contributed by atoms with E-state index >= 15 is 0 Å². The molecule has 0 amide bonds. The van der Waals surface area contributed by atoms with Gasteiger partial charge >= 0.3 is 0 Å². The topological polar surface area (TPSA) is 0 Å². The Bertz CT molecular complexity index is 483. The van der Waals surface area contributed by atoms with Gasteiger partial charge in [-0.1, -0.05) is 35.4 Å². The average Bonchev–Trinajstić information content (AvgIpc) is 2.75. The molecule has 0 fully saturated rings. The molecule has 0 spiro atoms. The van der Waals surface area contributed by atoms with E-state index in [9.17, 15) is 0 Å². The van der Waals surface area contributed by atoms with E-state index in [1.807, 2.05) is 0 Å². The quantitative estimate of drug-likeness (QED) is 0.714. The van der Waals surface area contributed by atoms with E-state index < -0.39 is 0 Å². The first-order chi connectivity index (χ1) is 8.31. The van der Waals surface area contributed by atoms with Crippen LogP contribution in [0.4, 0.5) is 0 Å². The van der Waals surface area contributed by atoms with E-state index in [1.54, 1.807) is 22.3 Å². The maximum atomic E-state index is 3.80. The van der Waals surface area contributed by atoms with Crippen molar-refractivity contribution in [1.82, 2.24) is 0 Å². The van der Waals surface area contributed by atoms with E-state index in [-0.39, 0.29) is 0 Å². The van der Waals surface area contributed by atoms with E-state index in [1.165, 1.54) is 55.0 Å². The predicted molar refractivity (Wildman–Crippen MR) is 77.4 cm³/mol. The molecule has 90 valence electrons. The van der Waals surface area contributed by atoms with Gasteiger partial charge in [-0.05, 0) is 72.4 Å². The number of aryl methyl sites for hydroxylation is 1. The van der Waals surface area contributed by atoms with Crippen molar-refractivity contribution in [3.8, 4) is 0 Å². The number of fused-ring (bicyclic) bond motifs is 3. The Labute approximate surface area is 112 Å². The van der Waals surface area contributed by atoms with Gasteiger partial charge < -0.3 is 0 Å². The van der Waals surface area contributed by atoms with Crippen LogP contribution in [0.2, 0.25) is 0 Å². The van der Waals surface area contributed by atoms with Crippen molar-refractivity contribution in [1.29, 1.82) is 0 Å². The summed E-state index contributed by atoms with van der Waals surface area (Å²) in [4.78, 5) is 0. The average molecular weight is 291 g/mol. The summed E-state index contributed by atoms with van der Waals surface area (Å²) < 4.78 is 1.34. The third kappa shape index (κ3) is 1.89. The minimum Gasteiger partial charge on any atom is -0.0762 e. The SMILES string of the molecule is CCCC1=CCc2c3c(cc(Br)c21)CCCC3. The van der Waals surface area contributed by atoms with Gasteiger partial charge in [0, 0.05) is 4.47 Å². The van der Waals surface area contributed by atoms with Crippen molar-refractivity contribution in [2.45, 2.75) is 51.9 Å². The summed E-state index contributed by atoms with van der Waals surface area (Å²) in [5.41, 5.74) is 8.03. The van der Waals surface area contributed by atoms with Crippen molar-refractivity contribution in [2.24, 2.45) is 0 Å². The molecule has 3 rings (SSSR count). The maximum Gasteiger partial charge on any atom is 0.0256 e. The number of benzene rings is 1. The monoisotopic (exact) mass is 290 g/mol. The van der Waals surface area contributed by atoms with Crippen molar-refractivity contribution in [3.05, 3.63) is 38.9 Å². The van der Waals surface area contributed by atoms with Gasteiger partial charge in [0.15, 0.2) is 0 Å². The van der Waals surface area contributed by atoms with Crippen LogP contribution in [0, 0.1) is 0 Å². The molecule has 2 aliphatic rings. The molecule has 17 heavy (non-hydrogen) atoms. The summed E-state index contributed by atoms with van der Waals surface area (Å²) in [7, 11) is 0. The number of hydrogen-bond donors (Lipinski definition) is 0. The highest BCUT2D eigenvalue weighted by atomic mass is 79.9. The lowest BCUT2D eigenvalue weighted by molar-refractivity contribution is 0.680. The smallest absolute Gasteiger partial charge is 0.0256 e. The molecule has 0 atom stereocenters. The number of rotatable bonds is 2. The molecule has 0 saturated heterocycles. The van der Waals surface area contributed by atoms with E-state index in [4.69, 9.17) is 0 Å². The summed E-state index contributed by atoms with van der Waals surface area (Å²) in [5, 5.41) is 0. The molecule has 0 nitrogen and oxygen atoms in total. The van der Waals surface area contributed by atoms with Gasteiger partial charge in [-0.15, -0.1) is 0 Å². The normalized spacial score (nSPS) is 17.6. The van der Waals surface area contributed by atoms with Gasteiger partial charge in [0.25, 0.3) is 0 Å². The van der Waals surface area contributed by atoms with Gasteiger partial charge in [-0.2, -0.15) is 0 Å². The zero-order valence-electron chi connectivity index (χ0n) is 10.5. The van der Waals surface area contributed by atoms with E-state index in [0.717, 1.165) is 0 Å². The molecule has 0 N–H and O–H groups in total. The Morgan fingerprint density at radius 1 is 1.18 bits per heavy atom. The molecule has 1 aromatic carbocycles. The summed E-state index contributed by atoms with van der Waals surface area (Å²) in [5.74, 6) is 0. The van der Waals surface area contributed by atoms with Gasteiger partial charge in [0.2, 0.25) is 0 Å². The maximum absolute atomic E-state index is 3.80. The van der Waals surface area contributed by atoms with Crippen molar-refractivity contribution < 1.29 is 0 Å². The van der Waals surface area contributed by atoms with Gasteiger partial charge in [0.1, 0.15) is 0 Å². The second-order valence-corrected chi connectivity index (χ2v) is 6.09. The molecule has 0 aliphatic heterocycles. The predicted octanol–water partition coefficient (Wildman–Crippen LogP) is 5.07. The molecule has 2 aliphatic carbocycles. The Morgan fingerprint density at radius 3 is 2.82 bits per heavy atom. The van der Waals surface area contributed by atoms with Crippen LogP contribution in [0.25, 0.3) is 5.57 Å². The van der Waals surface area contributed by atoms with E-state index in [0.29, 0.717) is 0 Å². The van der Waals surface area contributed by atoms with Crippen molar-refractivity contribution in [2.75, 3.05) is 0 Å². The third-order valence-electron chi connectivity index (χ3n) is 4.11. The van der Waals surface area contributed by atoms with Crippen molar-refractivity contribution in [3.63, 3.8) is 0 Å².